The summed E-state index contributed by atoms with van der Waals surface area (Å²) < 4.78 is 38.2. The van der Waals surface area contributed by atoms with Crippen LogP contribution in [0.4, 0.5) is 0 Å². The van der Waals surface area contributed by atoms with Crippen LogP contribution in [-0.4, -0.2) is 45.0 Å². The molecule has 0 saturated carbocycles. The number of thiophene rings is 1. The van der Waals surface area contributed by atoms with Crippen molar-refractivity contribution in [3.63, 3.8) is 0 Å². The van der Waals surface area contributed by atoms with E-state index in [-0.39, 0.29) is 17.4 Å². The van der Waals surface area contributed by atoms with Crippen molar-refractivity contribution in [1.29, 1.82) is 0 Å². The maximum atomic E-state index is 13.3. The van der Waals surface area contributed by atoms with Crippen molar-refractivity contribution in [1.82, 2.24) is 4.31 Å². The molecule has 2 unspecified atom stereocenters. The first-order valence-corrected chi connectivity index (χ1v) is 10.7. The SMILES string of the molecule is COc1ccc(S(=O)(=O)N2CCc3sccc3C3CCOC(=O)C32)cc1. The zero-order valence-electron chi connectivity index (χ0n) is 14.3. The van der Waals surface area contributed by atoms with Crippen LogP contribution in [0.2, 0.25) is 0 Å². The molecule has 0 spiro atoms. The predicted molar refractivity (Wildman–Crippen MR) is 97.0 cm³/mol. The van der Waals surface area contributed by atoms with Crippen molar-refractivity contribution >= 4 is 27.3 Å². The normalized spacial score (nSPS) is 23.5. The van der Waals surface area contributed by atoms with Crippen molar-refractivity contribution in [3.05, 3.63) is 46.2 Å². The number of benzene rings is 1. The molecule has 2 atom stereocenters. The van der Waals surface area contributed by atoms with E-state index in [2.05, 4.69) is 0 Å². The highest BCUT2D eigenvalue weighted by molar-refractivity contribution is 7.89. The molecule has 2 aromatic rings. The van der Waals surface area contributed by atoms with Gasteiger partial charge in [-0.25, -0.2) is 8.42 Å². The molecule has 0 N–H and O–H groups in total. The summed E-state index contributed by atoms with van der Waals surface area (Å²) in [5.41, 5.74) is 1.09. The number of cyclic esters (lactones) is 1. The number of ether oxygens (including phenoxy) is 2. The first-order chi connectivity index (χ1) is 12.5. The molecule has 2 aliphatic rings. The van der Waals surface area contributed by atoms with Crippen LogP contribution in [0.1, 0.15) is 22.8 Å². The van der Waals surface area contributed by atoms with Crippen LogP contribution in [0.3, 0.4) is 0 Å². The second-order valence-corrected chi connectivity index (χ2v) is 9.24. The minimum atomic E-state index is -3.83. The zero-order chi connectivity index (χ0) is 18.3. The number of rotatable bonds is 3. The number of carbonyl (C=O) groups excluding carboxylic acids is 1. The molecule has 1 aromatic carbocycles. The molecule has 4 rings (SSSR count). The molecule has 0 aliphatic carbocycles. The van der Waals surface area contributed by atoms with E-state index in [4.69, 9.17) is 9.47 Å². The number of methoxy groups -OCH3 is 1. The first kappa shape index (κ1) is 17.5. The number of sulfonamides is 1. The fourth-order valence-corrected chi connectivity index (χ4v) is 6.28. The number of carbonyl (C=O) groups is 1. The van der Waals surface area contributed by atoms with E-state index in [9.17, 15) is 13.2 Å². The van der Waals surface area contributed by atoms with Gasteiger partial charge in [0.2, 0.25) is 10.0 Å². The Morgan fingerprint density at radius 1 is 1.23 bits per heavy atom. The Labute approximate surface area is 156 Å². The molecule has 2 aliphatic heterocycles. The quantitative estimate of drug-likeness (QED) is 0.749. The molecule has 0 amide bonds. The van der Waals surface area contributed by atoms with Crippen molar-refractivity contribution in [2.45, 2.75) is 29.7 Å². The largest absolute Gasteiger partial charge is 0.497 e. The van der Waals surface area contributed by atoms with E-state index in [0.29, 0.717) is 25.2 Å². The number of esters is 1. The summed E-state index contributed by atoms with van der Waals surface area (Å²) in [6.45, 7) is 0.587. The number of hydrogen-bond donors (Lipinski definition) is 0. The second kappa shape index (κ2) is 6.68. The highest BCUT2D eigenvalue weighted by atomic mass is 32.2. The molecule has 0 bridgehead atoms. The third kappa shape index (κ3) is 2.82. The van der Waals surface area contributed by atoms with Crippen molar-refractivity contribution in [3.8, 4) is 5.75 Å². The monoisotopic (exact) mass is 393 g/mol. The van der Waals surface area contributed by atoms with Gasteiger partial charge in [0.05, 0.1) is 18.6 Å². The Hall–Kier alpha value is -1.90. The number of nitrogens with zero attached hydrogens (tertiary/aromatic N) is 1. The van der Waals surface area contributed by atoms with E-state index in [1.54, 1.807) is 23.5 Å². The predicted octanol–water partition coefficient (Wildman–Crippen LogP) is 2.40. The molecule has 138 valence electrons. The molecule has 0 radical (unpaired) electrons. The molecular formula is C18H19NO5S2. The lowest BCUT2D eigenvalue weighted by atomic mass is 9.88. The van der Waals surface area contributed by atoms with Gasteiger partial charge in [0.1, 0.15) is 11.8 Å². The lowest BCUT2D eigenvalue weighted by Crippen LogP contribution is -2.51. The molecule has 26 heavy (non-hydrogen) atoms. The van der Waals surface area contributed by atoms with E-state index < -0.39 is 22.0 Å². The zero-order valence-corrected chi connectivity index (χ0v) is 15.9. The summed E-state index contributed by atoms with van der Waals surface area (Å²) in [7, 11) is -2.30. The molecule has 3 heterocycles. The van der Waals surface area contributed by atoms with Gasteiger partial charge in [-0.1, -0.05) is 0 Å². The summed E-state index contributed by atoms with van der Waals surface area (Å²) in [6.07, 6.45) is 1.23. The van der Waals surface area contributed by atoms with Gasteiger partial charge < -0.3 is 9.47 Å². The van der Waals surface area contributed by atoms with Gasteiger partial charge in [-0.15, -0.1) is 11.3 Å². The highest BCUT2D eigenvalue weighted by Crippen LogP contribution is 2.40. The lowest BCUT2D eigenvalue weighted by molar-refractivity contribution is -0.153. The summed E-state index contributed by atoms with van der Waals surface area (Å²) in [6, 6.07) is 7.44. The van der Waals surface area contributed by atoms with Gasteiger partial charge in [0.15, 0.2) is 0 Å². The summed E-state index contributed by atoms with van der Waals surface area (Å²) in [5.74, 6) is -0.0395. The summed E-state index contributed by atoms with van der Waals surface area (Å²) in [5, 5.41) is 2.01. The van der Waals surface area contributed by atoms with Gasteiger partial charge in [0.25, 0.3) is 0 Å². The van der Waals surface area contributed by atoms with Gasteiger partial charge in [-0.2, -0.15) is 4.31 Å². The smallest absolute Gasteiger partial charge is 0.325 e. The first-order valence-electron chi connectivity index (χ1n) is 8.41. The van der Waals surface area contributed by atoms with E-state index >= 15 is 0 Å². The molecule has 1 saturated heterocycles. The number of fused-ring (bicyclic) bond motifs is 3. The summed E-state index contributed by atoms with van der Waals surface area (Å²) in [4.78, 5) is 13.9. The van der Waals surface area contributed by atoms with E-state index in [0.717, 1.165) is 10.4 Å². The Morgan fingerprint density at radius 2 is 2.00 bits per heavy atom. The van der Waals surface area contributed by atoms with Crippen LogP contribution in [0.15, 0.2) is 40.6 Å². The van der Waals surface area contributed by atoms with Gasteiger partial charge >= 0.3 is 5.97 Å². The average Bonchev–Trinajstić information content (AvgIpc) is 3.05. The minimum Gasteiger partial charge on any atom is -0.497 e. The molecular weight excluding hydrogens is 374 g/mol. The Kier molecular flexibility index (Phi) is 4.50. The third-order valence-electron chi connectivity index (χ3n) is 5.01. The fraction of sp³-hybridized carbons (Fsp3) is 0.389. The van der Waals surface area contributed by atoms with E-state index in [1.807, 2.05) is 11.4 Å². The van der Waals surface area contributed by atoms with Gasteiger partial charge in [-0.3, -0.25) is 4.79 Å². The standard InChI is InChI=1S/C18H19NO5S2/c1-23-12-2-4-13(5-3-12)26(21,22)19-9-6-16-14(8-11-25-16)15-7-10-24-18(20)17(15)19/h2-5,8,11,15,17H,6-7,9-10H2,1H3. The van der Waals surface area contributed by atoms with Crippen LogP contribution < -0.4 is 4.74 Å². The molecule has 1 aromatic heterocycles. The van der Waals surface area contributed by atoms with E-state index in [1.165, 1.54) is 23.5 Å². The van der Waals surface area contributed by atoms with Gasteiger partial charge in [-0.05, 0) is 54.1 Å². The maximum Gasteiger partial charge on any atom is 0.325 e. The summed E-state index contributed by atoms with van der Waals surface area (Å²) >= 11 is 1.62. The number of hydrogen-bond acceptors (Lipinski definition) is 6. The van der Waals surface area contributed by atoms with Crippen LogP contribution in [0, 0.1) is 0 Å². The van der Waals surface area contributed by atoms with Crippen molar-refractivity contribution < 1.29 is 22.7 Å². The molecule has 8 heteroatoms. The fourth-order valence-electron chi connectivity index (χ4n) is 3.73. The van der Waals surface area contributed by atoms with Crippen molar-refractivity contribution in [2.24, 2.45) is 0 Å². The Bertz CT molecular complexity index is 919. The molecule has 6 nitrogen and oxygen atoms in total. The lowest BCUT2D eigenvalue weighted by Gasteiger charge is -2.35. The van der Waals surface area contributed by atoms with Crippen LogP contribution in [0.25, 0.3) is 0 Å². The highest BCUT2D eigenvalue weighted by Gasteiger charge is 2.46. The minimum absolute atomic E-state index is 0.153. The van der Waals surface area contributed by atoms with Crippen LogP contribution in [0.5, 0.6) is 5.75 Å². The maximum absolute atomic E-state index is 13.3. The van der Waals surface area contributed by atoms with Crippen LogP contribution in [-0.2, 0) is 26.0 Å². The Balaban J connectivity index is 1.76. The van der Waals surface area contributed by atoms with Gasteiger partial charge in [0, 0.05) is 17.3 Å². The molecule has 1 fully saturated rings. The van der Waals surface area contributed by atoms with Crippen molar-refractivity contribution in [2.75, 3.05) is 20.3 Å². The van der Waals surface area contributed by atoms with Crippen LogP contribution >= 0.6 is 11.3 Å². The Morgan fingerprint density at radius 3 is 2.73 bits per heavy atom. The topological polar surface area (TPSA) is 72.9 Å². The second-order valence-electron chi connectivity index (χ2n) is 6.35. The third-order valence-corrected chi connectivity index (χ3v) is 7.90. The average molecular weight is 393 g/mol.